The van der Waals surface area contributed by atoms with E-state index in [0.29, 0.717) is 12.1 Å². The van der Waals surface area contributed by atoms with Crippen LogP contribution in [0.25, 0.3) is 10.9 Å². The first-order valence-corrected chi connectivity index (χ1v) is 14.3. The standard InChI is InChI=1S/C28H35BrN2O3S2/c1-27(2,3)35-26(36-28(4,5)6)22-20-15-11-12-16-21(20)31(24(22)29)17-18-13-9-10-14-19(18)23(30-34-8)25(32)33-7/h9-16,26H,17H2,1-8H3/b30-23+. The Labute approximate surface area is 231 Å². The number of rotatable bonds is 8. The smallest absolute Gasteiger partial charge is 0.360 e. The van der Waals surface area contributed by atoms with Gasteiger partial charge in [-0.1, -0.05) is 89.2 Å². The number of carbonyl (C=O) groups excluding carboxylic acids is 1. The number of hydrogen-bond acceptors (Lipinski definition) is 6. The first-order valence-electron chi connectivity index (χ1n) is 11.8. The summed E-state index contributed by atoms with van der Waals surface area (Å²) in [6.45, 7) is 14.1. The van der Waals surface area contributed by atoms with Crippen molar-refractivity contribution in [1.29, 1.82) is 0 Å². The van der Waals surface area contributed by atoms with E-state index in [0.717, 1.165) is 15.7 Å². The fourth-order valence-corrected chi connectivity index (χ4v) is 8.89. The van der Waals surface area contributed by atoms with E-state index >= 15 is 0 Å². The zero-order valence-electron chi connectivity index (χ0n) is 22.2. The Balaban J connectivity index is 2.19. The number of thioether (sulfide) groups is 2. The van der Waals surface area contributed by atoms with E-state index in [-0.39, 0.29) is 19.8 Å². The average Bonchev–Trinajstić information content (AvgIpc) is 3.06. The number of benzene rings is 2. The fraction of sp³-hybridized carbons (Fsp3) is 0.429. The highest BCUT2D eigenvalue weighted by atomic mass is 79.9. The lowest BCUT2D eigenvalue weighted by molar-refractivity contribution is -0.132. The van der Waals surface area contributed by atoms with Crippen LogP contribution >= 0.6 is 39.5 Å². The number of aromatic nitrogens is 1. The number of halogens is 1. The van der Waals surface area contributed by atoms with Crippen molar-refractivity contribution in [3.63, 3.8) is 0 Å². The Hall–Kier alpha value is -1.90. The molecule has 1 aromatic heterocycles. The quantitative estimate of drug-likeness (QED) is 0.115. The largest absolute Gasteiger partial charge is 0.464 e. The number of methoxy groups -OCH3 is 1. The van der Waals surface area contributed by atoms with Gasteiger partial charge < -0.3 is 14.1 Å². The van der Waals surface area contributed by atoms with Crippen LogP contribution in [0, 0.1) is 0 Å². The van der Waals surface area contributed by atoms with Crippen LogP contribution in [0.3, 0.4) is 0 Å². The van der Waals surface area contributed by atoms with Crippen molar-refractivity contribution in [3.8, 4) is 0 Å². The summed E-state index contributed by atoms with van der Waals surface area (Å²) in [6, 6.07) is 16.2. The molecule has 0 atom stereocenters. The summed E-state index contributed by atoms with van der Waals surface area (Å²) in [4.78, 5) is 17.5. The van der Waals surface area contributed by atoms with Crippen LogP contribution in [0.5, 0.6) is 0 Å². The summed E-state index contributed by atoms with van der Waals surface area (Å²) in [7, 11) is 2.77. The van der Waals surface area contributed by atoms with Gasteiger partial charge in [0.2, 0.25) is 0 Å². The molecule has 36 heavy (non-hydrogen) atoms. The predicted octanol–water partition coefficient (Wildman–Crippen LogP) is 8.04. The molecule has 0 aliphatic heterocycles. The van der Waals surface area contributed by atoms with Crippen LogP contribution in [0.15, 0.2) is 58.3 Å². The molecule has 0 aliphatic rings. The first kappa shape index (κ1) is 28.7. The van der Waals surface area contributed by atoms with Crippen molar-refractivity contribution in [2.24, 2.45) is 5.16 Å². The molecule has 0 spiro atoms. The zero-order valence-corrected chi connectivity index (χ0v) is 25.4. The summed E-state index contributed by atoms with van der Waals surface area (Å²) in [5.74, 6) is -0.537. The van der Waals surface area contributed by atoms with E-state index < -0.39 is 5.97 Å². The highest BCUT2D eigenvalue weighted by molar-refractivity contribution is 9.10. The van der Waals surface area contributed by atoms with Crippen molar-refractivity contribution < 1.29 is 14.4 Å². The second-order valence-electron chi connectivity index (χ2n) is 10.4. The van der Waals surface area contributed by atoms with Gasteiger partial charge in [0.1, 0.15) is 7.11 Å². The molecule has 0 bridgehead atoms. The van der Waals surface area contributed by atoms with Crippen LogP contribution in [0.1, 0.15) is 62.8 Å². The van der Waals surface area contributed by atoms with E-state index in [4.69, 9.17) is 9.57 Å². The van der Waals surface area contributed by atoms with Crippen LogP contribution < -0.4 is 0 Å². The van der Waals surface area contributed by atoms with Crippen LogP contribution in [-0.2, 0) is 20.9 Å². The molecule has 0 N–H and O–H groups in total. The van der Waals surface area contributed by atoms with E-state index in [9.17, 15) is 4.79 Å². The second-order valence-corrected chi connectivity index (χ2v) is 15.3. The molecule has 0 saturated carbocycles. The third kappa shape index (κ3) is 6.90. The first-order chi connectivity index (χ1) is 16.9. The summed E-state index contributed by atoms with van der Waals surface area (Å²) in [6.07, 6.45) is 0. The molecule has 1 heterocycles. The minimum Gasteiger partial charge on any atom is -0.464 e. The molecule has 0 radical (unpaired) electrons. The van der Waals surface area contributed by atoms with Gasteiger partial charge in [0.15, 0.2) is 5.71 Å². The third-order valence-corrected chi connectivity index (χ3v) is 9.01. The monoisotopic (exact) mass is 590 g/mol. The van der Waals surface area contributed by atoms with Gasteiger partial charge in [-0.15, -0.1) is 23.5 Å². The molecule has 194 valence electrons. The van der Waals surface area contributed by atoms with Crippen molar-refractivity contribution in [2.45, 2.75) is 62.2 Å². The number of hydrogen-bond donors (Lipinski definition) is 0. The number of esters is 1. The lowest BCUT2D eigenvalue weighted by Gasteiger charge is -2.31. The van der Waals surface area contributed by atoms with Gasteiger partial charge >= 0.3 is 5.97 Å². The Kier molecular flexibility index (Phi) is 9.28. The molecular weight excluding hydrogens is 556 g/mol. The van der Waals surface area contributed by atoms with Crippen molar-refractivity contribution in [2.75, 3.05) is 14.2 Å². The van der Waals surface area contributed by atoms with Crippen molar-refractivity contribution in [3.05, 3.63) is 69.8 Å². The van der Waals surface area contributed by atoms with Crippen molar-refractivity contribution in [1.82, 2.24) is 4.57 Å². The van der Waals surface area contributed by atoms with Crippen molar-refractivity contribution >= 4 is 62.0 Å². The molecule has 0 saturated heterocycles. The summed E-state index contributed by atoms with van der Waals surface area (Å²) in [5, 5.41) is 5.20. The predicted molar refractivity (Wildman–Crippen MR) is 158 cm³/mol. The zero-order chi connectivity index (χ0) is 26.7. The molecular formula is C28H35BrN2O3S2. The van der Waals surface area contributed by atoms with Crippen LogP contribution in [0.4, 0.5) is 0 Å². The Morgan fingerprint density at radius 3 is 2.14 bits per heavy atom. The van der Waals surface area contributed by atoms with Gasteiger partial charge in [-0.3, -0.25) is 0 Å². The average molecular weight is 592 g/mol. The van der Waals surface area contributed by atoms with E-state index in [1.54, 1.807) is 0 Å². The van der Waals surface area contributed by atoms with Gasteiger partial charge in [-0.25, -0.2) is 4.79 Å². The number of ether oxygens (including phenoxy) is 1. The van der Waals surface area contributed by atoms with Crippen LogP contribution in [0.2, 0.25) is 0 Å². The molecule has 2 aromatic carbocycles. The summed E-state index contributed by atoms with van der Waals surface area (Å²) in [5.41, 5.74) is 4.18. The lowest BCUT2D eigenvalue weighted by Crippen LogP contribution is -2.20. The molecule has 0 amide bonds. The van der Waals surface area contributed by atoms with Crippen LogP contribution in [-0.4, -0.2) is 40.0 Å². The van der Waals surface area contributed by atoms with Gasteiger partial charge in [0.25, 0.3) is 0 Å². The van der Waals surface area contributed by atoms with E-state index in [1.807, 2.05) is 47.8 Å². The molecule has 0 aliphatic carbocycles. The van der Waals surface area contributed by atoms with Gasteiger partial charge in [0.05, 0.1) is 16.3 Å². The number of oxime groups is 1. The van der Waals surface area contributed by atoms with Gasteiger partial charge in [-0.2, -0.15) is 0 Å². The normalized spacial score (nSPS) is 12.9. The van der Waals surface area contributed by atoms with Gasteiger partial charge in [-0.05, 0) is 27.6 Å². The molecule has 0 unspecified atom stereocenters. The maximum Gasteiger partial charge on any atom is 0.360 e. The fourth-order valence-electron chi connectivity index (χ4n) is 3.91. The minimum absolute atomic E-state index is 0.0875. The maximum absolute atomic E-state index is 12.5. The number of fused-ring (bicyclic) bond motifs is 1. The Bertz CT molecular complexity index is 1240. The molecule has 0 fully saturated rings. The summed E-state index contributed by atoms with van der Waals surface area (Å²) < 4.78 is 8.68. The van der Waals surface area contributed by atoms with E-state index in [1.165, 1.54) is 25.2 Å². The molecule has 8 heteroatoms. The number of nitrogens with zero attached hydrogens (tertiary/aromatic N) is 2. The minimum atomic E-state index is -0.537. The highest BCUT2D eigenvalue weighted by Gasteiger charge is 2.31. The summed E-state index contributed by atoms with van der Waals surface area (Å²) >= 11 is 7.94. The highest BCUT2D eigenvalue weighted by Crippen LogP contribution is 2.54. The Morgan fingerprint density at radius 2 is 1.56 bits per heavy atom. The molecule has 3 rings (SSSR count). The topological polar surface area (TPSA) is 52.8 Å². The second kappa shape index (κ2) is 11.7. The number of para-hydroxylation sites is 1. The third-order valence-electron chi connectivity index (χ3n) is 5.26. The molecule has 5 nitrogen and oxygen atoms in total. The lowest BCUT2D eigenvalue weighted by atomic mass is 10.0. The SMILES string of the molecule is CO/N=C(/C(=O)OC)c1ccccc1Cn1c(Br)c(C(SC(C)(C)C)SC(C)(C)C)c2ccccc21. The van der Waals surface area contributed by atoms with E-state index in [2.05, 4.69) is 91.5 Å². The van der Waals surface area contributed by atoms with Gasteiger partial charge in [0, 0.05) is 38.1 Å². The Morgan fingerprint density at radius 1 is 0.972 bits per heavy atom. The maximum atomic E-state index is 12.5. The molecule has 3 aromatic rings. The number of carbonyl (C=O) groups is 1.